The van der Waals surface area contributed by atoms with Crippen LogP contribution in [0.2, 0.25) is 0 Å². The van der Waals surface area contributed by atoms with Gasteiger partial charge in [-0.05, 0) is 6.92 Å². The lowest BCUT2D eigenvalue weighted by molar-refractivity contribution is -0.123. The van der Waals surface area contributed by atoms with Crippen LogP contribution in [0.4, 0.5) is 0 Å². The molecule has 0 aliphatic carbocycles. The Morgan fingerprint density at radius 3 is 2.12 bits per heavy atom. The third-order valence-corrected chi connectivity index (χ3v) is 2.22. The second-order valence-corrected chi connectivity index (χ2v) is 3.01. The minimum absolute atomic E-state index is 0.750. The van der Waals surface area contributed by atoms with E-state index in [0.29, 0.717) is 0 Å². The maximum Gasteiger partial charge on any atom is 0.334 e. The lowest BCUT2D eigenvalue weighted by Crippen LogP contribution is -2.42. The molecule has 4 nitrogen and oxygen atoms in total. The van der Waals surface area contributed by atoms with E-state index in [1.165, 1.54) is 6.92 Å². The monoisotopic (exact) mass is 136 g/mol. The third kappa shape index (κ3) is 0.551. The lowest BCUT2D eigenvalue weighted by atomic mass is 10.5. The van der Waals surface area contributed by atoms with Gasteiger partial charge in [0.1, 0.15) is 0 Å². The highest BCUT2D eigenvalue weighted by molar-refractivity contribution is 8.03. The molecule has 1 saturated heterocycles. The average molecular weight is 136 g/mol. The summed E-state index contributed by atoms with van der Waals surface area (Å²) < 4.78 is 24.2. The first-order valence-corrected chi connectivity index (χ1v) is 3.42. The zero-order valence-corrected chi connectivity index (χ0v) is 4.94. The Labute approximate surface area is 46.6 Å². The first-order chi connectivity index (χ1) is 3.54. The van der Waals surface area contributed by atoms with E-state index in [0.717, 1.165) is 0 Å². The molecule has 8 heavy (non-hydrogen) atoms. The molecule has 0 aromatic rings. The van der Waals surface area contributed by atoms with E-state index in [4.69, 9.17) is 0 Å². The second kappa shape index (κ2) is 1.29. The van der Waals surface area contributed by atoms with Gasteiger partial charge in [-0.3, -0.25) is 8.98 Å². The third-order valence-electron chi connectivity index (χ3n) is 0.849. The smallest absolute Gasteiger partial charge is 0.276 e. The van der Waals surface area contributed by atoms with Gasteiger partial charge < -0.3 is 0 Å². The quantitative estimate of drug-likeness (QED) is 0.411. The van der Waals surface area contributed by atoms with Crippen LogP contribution in [0.25, 0.3) is 0 Å². The number of rotatable bonds is 0. The van der Waals surface area contributed by atoms with E-state index in [9.17, 15) is 13.2 Å². The topological polar surface area (TPSA) is 60.4 Å². The van der Waals surface area contributed by atoms with Gasteiger partial charge in [0.25, 0.3) is 0 Å². The summed E-state index contributed by atoms with van der Waals surface area (Å²) in [6.45, 7) is 1.39. The number of carbonyl (C=O) groups is 1. The zero-order chi connectivity index (χ0) is 6.36. The van der Waals surface area contributed by atoms with E-state index in [1.54, 1.807) is 0 Å². The molecule has 5 heteroatoms. The van der Waals surface area contributed by atoms with Crippen LogP contribution in [0.3, 0.4) is 0 Å². The SMILES string of the molecule is CC1OS(=O)(=O)C1=O. The van der Waals surface area contributed by atoms with Crippen LogP contribution >= 0.6 is 0 Å². The van der Waals surface area contributed by atoms with E-state index in [2.05, 4.69) is 4.18 Å². The Bertz CT molecular complexity index is 213. The molecule has 0 bridgehead atoms. The fourth-order valence-electron chi connectivity index (χ4n) is 0.437. The molecule has 1 fully saturated rings. The summed E-state index contributed by atoms with van der Waals surface area (Å²) in [7, 11) is -3.75. The highest BCUT2D eigenvalue weighted by atomic mass is 32.2. The number of carbonyl (C=O) groups excluding carboxylic acids is 1. The van der Waals surface area contributed by atoms with Crippen molar-refractivity contribution in [1.82, 2.24) is 0 Å². The average Bonchev–Trinajstić information content (AvgIpc) is 1.65. The van der Waals surface area contributed by atoms with Crippen LogP contribution < -0.4 is 0 Å². The van der Waals surface area contributed by atoms with E-state index in [1.807, 2.05) is 0 Å². The maximum atomic E-state index is 10.2. The molecule has 0 aromatic carbocycles. The fourth-order valence-corrected chi connectivity index (χ4v) is 1.31. The van der Waals surface area contributed by atoms with Crippen LogP contribution in [0.15, 0.2) is 0 Å². The number of hydrogen-bond acceptors (Lipinski definition) is 4. The predicted octanol–water partition coefficient (Wildman–Crippen LogP) is -0.739. The van der Waals surface area contributed by atoms with Gasteiger partial charge in [0.15, 0.2) is 6.10 Å². The molecule has 0 aromatic heterocycles. The molecule has 46 valence electrons. The first kappa shape index (κ1) is 5.71. The molecule has 1 rings (SSSR count). The van der Waals surface area contributed by atoms with Gasteiger partial charge in [-0.2, -0.15) is 8.42 Å². The summed E-state index contributed by atoms with van der Waals surface area (Å²) in [5.74, 6) is 0. The maximum absolute atomic E-state index is 10.2. The van der Waals surface area contributed by atoms with Crippen molar-refractivity contribution in [3.8, 4) is 0 Å². The standard InChI is InChI=1S/C3H4O4S/c1-2-3(4)8(5,6)7-2/h2H,1H3. The van der Waals surface area contributed by atoms with Crippen molar-refractivity contribution in [3.05, 3.63) is 0 Å². The zero-order valence-electron chi connectivity index (χ0n) is 4.12. The van der Waals surface area contributed by atoms with Crippen molar-refractivity contribution in [3.63, 3.8) is 0 Å². The Hall–Kier alpha value is -0.420. The van der Waals surface area contributed by atoms with Gasteiger partial charge in [0.05, 0.1) is 0 Å². The lowest BCUT2D eigenvalue weighted by Gasteiger charge is -2.18. The molecule has 0 spiro atoms. The normalized spacial score (nSPS) is 34.1. The molecule has 1 aliphatic heterocycles. The highest BCUT2D eigenvalue weighted by Crippen LogP contribution is 2.16. The predicted molar refractivity (Wildman–Crippen MR) is 24.5 cm³/mol. The van der Waals surface area contributed by atoms with E-state index >= 15 is 0 Å². The van der Waals surface area contributed by atoms with Crippen LogP contribution in [-0.4, -0.2) is 19.6 Å². The Balaban J connectivity index is 2.92. The van der Waals surface area contributed by atoms with Crippen molar-refractivity contribution in [2.45, 2.75) is 13.0 Å². The molecule has 0 amide bonds. The molecule has 1 aliphatic rings. The van der Waals surface area contributed by atoms with Crippen molar-refractivity contribution in [2.24, 2.45) is 0 Å². The Morgan fingerprint density at radius 2 is 2.12 bits per heavy atom. The van der Waals surface area contributed by atoms with Crippen molar-refractivity contribution in [1.29, 1.82) is 0 Å². The Kier molecular flexibility index (Phi) is 0.924. The van der Waals surface area contributed by atoms with Gasteiger partial charge in [0, 0.05) is 0 Å². The fraction of sp³-hybridized carbons (Fsp3) is 0.667. The summed E-state index contributed by atoms with van der Waals surface area (Å²) >= 11 is 0. The van der Waals surface area contributed by atoms with Crippen LogP contribution in [0.1, 0.15) is 6.92 Å². The summed E-state index contributed by atoms with van der Waals surface area (Å²) in [6.07, 6.45) is -0.750. The second-order valence-electron chi connectivity index (χ2n) is 1.51. The molecule has 0 saturated carbocycles. The summed E-state index contributed by atoms with van der Waals surface area (Å²) in [4.78, 5) is 10.2. The molecule has 1 unspecified atom stereocenters. The highest BCUT2D eigenvalue weighted by Gasteiger charge is 2.43. The summed E-state index contributed by atoms with van der Waals surface area (Å²) in [5, 5.41) is -0.822. The molecule has 1 atom stereocenters. The minimum atomic E-state index is -3.75. The van der Waals surface area contributed by atoms with Crippen LogP contribution in [-0.2, 0) is 19.1 Å². The minimum Gasteiger partial charge on any atom is -0.276 e. The van der Waals surface area contributed by atoms with Gasteiger partial charge in [0.2, 0.25) is 0 Å². The summed E-state index contributed by atoms with van der Waals surface area (Å²) in [5.41, 5.74) is 0. The van der Waals surface area contributed by atoms with Gasteiger partial charge in [-0.25, -0.2) is 0 Å². The number of hydrogen-bond donors (Lipinski definition) is 0. The molecule has 0 radical (unpaired) electrons. The van der Waals surface area contributed by atoms with E-state index in [-0.39, 0.29) is 0 Å². The van der Waals surface area contributed by atoms with E-state index < -0.39 is 21.3 Å². The largest absolute Gasteiger partial charge is 0.334 e. The molecular weight excluding hydrogens is 132 g/mol. The summed E-state index contributed by atoms with van der Waals surface area (Å²) in [6, 6.07) is 0. The Morgan fingerprint density at radius 1 is 1.62 bits per heavy atom. The molecular formula is C3H4O4S. The van der Waals surface area contributed by atoms with Crippen molar-refractivity contribution < 1.29 is 17.4 Å². The molecule has 0 N–H and O–H groups in total. The van der Waals surface area contributed by atoms with Gasteiger partial charge in [-0.15, -0.1) is 0 Å². The van der Waals surface area contributed by atoms with Crippen molar-refractivity contribution in [2.75, 3.05) is 0 Å². The van der Waals surface area contributed by atoms with Crippen LogP contribution in [0.5, 0.6) is 0 Å². The van der Waals surface area contributed by atoms with Gasteiger partial charge >= 0.3 is 15.2 Å². The molecule has 1 heterocycles. The first-order valence-electron chi connectivity index (χ1n) is 2.01. The van der Waals surface area contributed by atoms with Gasteiger partial charge in [-0.1, -0.05) is 0 Å². The van der Waals surface area contributed by atoms with Crippen molar-refractivity contribution >= 4 is 15.2 Å². The van der Waals surface area contributed by atoms with Crippen LogP contribution in [0, 0.1) is 0 Å².